The van der Waals surface area contributed by atoms with E-state index in [2.05, 4.69) is 4.52 Å². The van der Waals surface area contributed by atoms with Gasteiger partial charge in [-0.1, -0.05) is 32.0 Å². The maximum absolute atomic E-state index is 11.6. The minimum Gasteiger partial charge on any atom is -0.404 e. The Bertz CT molecular complexity index is 449. The van der Waals surface area contributed by atoms with E-state index in [-0.39, 0.29) is 23.9 Å². The second-order valence-electron chi connectivity index (χ2n) is 3.99. The van der Waals surface area contributed by atoms with Crippen LogP contribution in [0.5, 0.6) is 5.75 Å². The maximum atomic E-state index is 11.6. The van der Waals surface area contributed by atoms with Crippen LogP contribution in [0.4, 0.5) is 0 Å². The Balaban J connectivity index is 2.92. The van der Waals surface area contributed by atoms with Gasteiger partial charge in [0.1, 0.15) is 11.5 Å². The van der Waals surface area contributed by atoms with Crippen LogP contribution in [-0.4, -0.2) is 15.6 Å². The minimum absolute atomic E-state index is 0.00763. The number of carbonyl (C=O) groups is 1. The van der Waals surface area contributed by atoms with Gasteiger partial charge in [0, 0.05) is 17.9 Å². The largest absolute Gasteiger partial charge is 0.524 e. The smallest absolute Gasteiger partial charge is 0.404 e. The van der Waals surface area contributed by atoms with Crippen molar-refractivity contribution in [3.63, 3.8) is 0 Å². The number of ketones is 1. The summed E-state index contributed by atoms with van der Waals surface area (Å²) in [6.07, 6.45) is 0.105. The van der Waals surface area contributed by atoms with Gasteiger partial charge in [0.05, 0.1) is 0 Å². The molecule has 17 heavy (non-hydrogen) atoms. The minimum atomic E-state index is -4.59. The molecule has 0 fully saturated rings. The monoisotopic (exact) mass is 258 g/mol. The van der Waals surface area contributed by atoms with Gasteiger partial charge in [-0.2, -0.15) is 0 Å². The van der Waals surface area contributed by atoms with Gasteiger partial charge in [0.15, 0.2) is 0 Å². The van der Waals surface area contributed by atoms with Gasteiger partial charge in [-0.25, -0.2) is 4.57 Å². The third kappa shape index (κ3) is 4.69. The molecule has 0 aliphatic heterocycles. The lowest BCUT2D eigenvalue weighted by Gasteiger charge is -2.12. The molecule has 0 radical (unpaired) electrons. The first-order valence-corrected chi connectivity index (χ1v) is 6.68. The Kier molecular flexibility index (Phi) is 4.46. The summed E-state index contributed by atoms with van der Waals surface area (Å²) in [6.45, 7) is 3.55. The molecule has 0 spiro atoms. The van der Waals surface area contributed by atoms with E-state index in [1.165, 1.54) is 6.07 Å². The summed E-state index contributed by atoms with van der Waals surface area (Å²) >= 11 is 0. The second-order valence-corrected chi connectivity index (χ2v) is 5.15. The third-order valence-electron chi connectivity index (χ3n) is 2.20. The molecule has 0 aliphatic rings. The SMILES string of the molecule is CC(C)C(=O)Cc1ccccc1OP(=O)(O)O. The van der Waals surface area contributed by atoms with Crippen LogP contribution in [0.25, 0.3) is 0 Å². The van der Waals surface area contributed by atoms with Crippen LogP contribution >= 0.6 is 7.82 Å². The van der Waals surface area contributed by atoms with E-state index in [0.717, 1.165) is 0 Å². The predicted molar refractivity (Wildman–Crippen MR) is 62.7 cm³/mol. The van der Waals surface area contributed by atoms with Crippen molar-refractivity contribution in [3.8, 4) is 5.75 Å². The molecular formula is C11H15O5P. The highest BCUT2D eigenvalue weighted by Crippen LogP contribution is 2.39. The van der Waals surface area contributed by atoms with E-state index >= 15 is 0 Å². The molecule has 1 aromatic rings. The number of hydrogen-bond acceptors (Lipinski definition) is 3. The average molecular weight is 258 g/mol. The summed E-state index contributed by atoms with van der Waals surface area (Å²) < 4.78 is 15.3. The number of phosphoric ester groups is 1. The van der Waals surface area contributed by atoms with Crippen LogP contribution in [0.3, 0.4) is 0 Å². The topological polar surface area (TPSA) is 83.8 Å². The van der Waals surface area contributed by atoms with Crippen molar-refractivity contribution in [2.45, 2.75) is 20.3 Å². The Morgan fingerprint density at radius 1 is 1.35 bits per heavy atom. The second kappa shape index (κ2) is 5.45. The quantitative estimate of drug-likeness (QED) is 0.788. The van der Waals surface area contributed by atoms with E-state index in [1.54, 1.807) is 32.0 Å². The van der Waals surface area contributed by atoms with E-state index in [1.807, 2.05) is 0 Å². The molecule has 0 atom stereocenters. The van der Waals surface area contributed by atoms with Gasteiger partial charge in [0.25, 0.3) is 0 Å². The highest BCUT2D eigenvalue weighted by atomic mass is 31.2. The summed E-state index contributed by atoms with van der Waals surface area (Å²) in [6, 6.07) is 6.33. The molecule has 6 heteroatoms. The first-order chi connectivity index (χ1) is 7.79. The van der Waals surface area contributed by atoms with Gasteiger partial charge >= 0.3 is 7.82 Å². The molecule has 0 saturated carbocycles. The molecular weight excluding hydrogens is 243 g/mol. The normalized spacial score (nSPS) is 11.6. The van der Waals surface area contributed by atoms with Gasteiger partial charge in [0.2, 0.25) is 0 Å². The third-order valence-corrected chi connectivity index (χ3v) is 2.63. The zero-order valence-electron chi connectivity index (χ0n) is 9.66. The molecule has 0 amide bonds. The summed E-state index contributed by atoms with van der Waals surface area (Å²) in [7, 11) is -4.59. The number of benzene rings is 1. The van der Waals surface area contributed by atoms with Crippen molar-refractivity contribution < 1.29 is 23.7 Å². The van der Waals surface area contributed by atoms with Crippen LogP contribution in [0.2, 0.25) is 0 Å². The van der Waals surface area contributed by atoms with Gasteiger partial charge < -0.3 is 4.52 Å². The van der Waals surface area contributed by atoms with Crippen molar-refractivity contribution in [1.29, 1.82) is 0 Å². The van der Waals surface area contributed by atoms with E-state index in [4.69, 9.17) is 9.79 Å². The summed E-state index contributed by atoms with van der Waals surface area (Å²) in [5.74, 6) is -0.0836. The van der Waals surface area contributed by atoms with Crippen molar-refractivity contribution >= 4 is 13.6 Å². The number of hydrogen-bond donors (Lipinski definition) is 2. The van der Waals surface area contributed by atoms with Crippen LogP contribution in [0.1, 0.15) is 19.4 Å². The molecule has 0 aliphatic carbocycles. The van der Waals surface area contributed by atoms with Crippen molar-refractivity contribution in [2.75, 3.05) is 0 Å². The Morgan fingerprint density at radius 3 is 2.47 bits per heavy atom. The summed E-state index contributed by atoms with van der Waals surface area (Å²) in [5, 5.41) is 0. The van der Waals surface area contributed by atoms with Crippen molar-refractivity contribution in [3.05, 3.63) is 29.8 Å². The standard InChI is InChI=1S/C11H15O5P/c1-8(2)10(12)7-9-5-3-4-6-11(9)16-17(13,14)15/h3-6,8H,7H2,1-2H3,(H2,13,14,15). The molecule has 0 saturated heterocycles. The molecule has 0 unspecified atom stereocenters. The highest BCUT2D eigenvalue weighted by molar-refractivity contribution is 7.46. The number of Topliss-reactive ketones (excluding diaryl/α,β-unsaturated/α-hetero) is 1. The lowest BCUT2D eigenvalue weighted by atomic mass is 10.0. The Hall–Kier alpha value is -1.16. The molecule has 0 bridgehead atoms. The highest BCUT2D eigenvalue weighted by Gasteiger charge is 2.19. The van der Waals surface area contributed by atoms with Crippen molar-refractivity contribution in [1.82, 2.24) is 0 Å². The zero-order valence-corrected chi connectivity index (χ0v) is 10.6. The lowest BCUT2D eigenvalue weighted by molar-refractivity contribution is -0.121. The predicted octanol–water partition coefficient (Wildman–Crippen LogP) is 1.93. The fraction of sp³-hybridized carbons (Fsp3) is 0.364. The molecule has 5 nitrogen and oxygen atoms in total. The summed E-state index contributed by atoms with van der Waals surface area (Å²) in [4.78, 5) is 29.1. The lowest BCUT2D eigenvalue weighted by Crippen LogP contribution is -2.11. The molecule has 1 aromatic carbocycles. The van der Waals surface area contributed by atoms with Crippen LogP contribution in [-0.2, 0) is 15.8 Å². The Morgan fingerprint density at radius 2 is 1.94 bits per heavy atom. The number of carbonyl (C=O) groups excluding carboxylic acids is 1. The van der Waals surface area contributed by atoms with Crippen LogP contribution in [0, 0.1) is 5.92 Å². The first-order valence-electron chi connectivity index (χ1n) is 5.15. The number of rotatable bonds is 5. The van der Waals surface area contributed by atoms with Crippen LogP contribution in [0.15, 0.2) is 24.3 Å². The number of para-hydroxylation sites is 1. The Labute approximate surface area is 99.7 Å². The molecule has 2 N–H and O–H groups in total. The van der Waals surface area contributed by atoms with E-state index in [9.17, 15) is 9.36 Å². The molecule has 94 valence electrons. The van der Waals surface area contributed by atoms with E-state index in [0.29, 0.717) is 5.56 Å². The molecule has 0 aromatic heterocycles. The first kappa shape index (κ1) is 13.9. The van der Waals surface area contributed by atoms with Gasteiger partial charge in [-0.15, -0.1) is 0 Å². The fourth-order valence-corrected chi connectivity index (χ4v) is 1.69. The summed E-state index contributed by atoms with van der Waals surface area (Å²) in [5.41, 5.74) is 0.481. The maximum Gasteiger partial charge on any atom is 0.524 e. The fourth-order valence-electron chi connectivity index (χ4n) is 1.26. The number of phosphoric acid groups is 1. The van der Waals surface area contributed by atoms with Gasteiger partial charge in [-0.3, -0.25) is 14.6 Å². The average Bonchev–Trinajstić information content (AvgIpc) is 2.18. The molecule has 0 heterocycles. The van der Waals surface area contributed by atoms with E-state index < -0.39 is 7.82 Å². The van der Waals surface area contributed by atoms with Crippen molar-refractivity contribution in [2.24, 2.45) is 5.92 Å². The molecule has 1 rings (SSSR count). The zero-order chi connectivity index (χ0) is 13.1. The van der Waals surface area contributed by atoms with Crippen LogP contribution < -0.4 is 4.52 Å². The van der Waals surface area contributed by atoms with Gasteiger partial charge in [-0.05, 0) is 6.07 Å².